The lowest BCUT2D eigenvalue weighted by Crippen LogP contribution is -2.37. The zero-order chi connectivity index (χ0) is 15.8. The standard InChI is InChI=1S/C18H30N2O/c1-6-8-9-10-16(7-2)19-18(21)20-17-14(4)11-13(3)12-15(17)5/h11-12,16H,6-10H2,1-5H3,(H2,19,20,21). The minimum atomic E-state index is -0.0894. The van der Waals surface area contributed by atoms with Crippen LogP contribution in [0.15, 0.2) is 12.1 Å². The second kappa shape index (κ2) is 8.71. The number of urea groups is 1. The van der Waals surface area contributed by atoms with Crippen LogP contribution in [-0.4, -0.2) is 12.1 Å². The van der Waals surface area contributed by atoms with E-state index in [-0.39, 0.29) is 12.1 Å². The molecule has 0 aliphatic rings. The van der Waals surface area contributed by atoms with Gasteiger partial charge < -0.3 is 10.6 Å². The van der Waals surface area contributed by atoms with Crippen molar-refractivity contribution in [2.24, 2.45) is 0 Å². The first kappa shape index (κ1) is 17.5. The second-order valence-electron chi connectivity index (χ2n) is 5.97. The number of hydrogen-bond donors (Lipinski definition) is 2. The van der Waals surface area contributed by atoms with Crippen molar-refractivity contribution in [2.75, 3.05) is 5.32 Å². The summed E-state index contributed by atoms with van der Waals surface area (Å²) in [4.78, 5) is 12.2. The fourth-order valence-electron chi connectivity index (χ4n) is 2.73. The average molecular weight is 290 g/mol. The predicted molar refractivity (Wildman–Crippen MR) is 91.0 cm³/mol. The molecule has 0 bridgehead atoms. The van der Waals surface area contributed by atoms with Crippen molar-refractivity contribution in [1.29, 1.82) is 0 Å². The van der Waals surface area contributed by atoms with Crippen LogP contribution in [0.1, 0.15) is 62.6 Å². The van der Waals surface area contributed by atoms with Gasteiger partial charge in [0.25, 0.3) is 0 Å². The predicted octanol–water partition coefficient (Wildman–Crippen LogP) is 5.09. The number of amides is 2. The molecular weight excluding hydrogens is 260 g/mol. The Morgan fingerprint density at radius 1 is 1.10 bits per heavy atom. The van der Waals surface area contributed by atoms with E-state index < -0.39 is 0 Å². The Morgan fingerprint density at radius 3 is 2.24 bits per heavy atom. The van der Waals surface area contributed by atoms with Crippen molar-refractivity contribution < 1.29 is 4.79 Å². The lowest BCUT2D eigenvalue weighted by Gasteiger charge is -2.19. The molecule has 1 unspecified atom stereocenters. The van der Waals surface area contributed by atoms with Gasteiger partial charge in [-0.25, -0.2) is 4.79 Å². The van der Waals surface area contributed by atoms with Gasteiger partial charge in [0.2, 0.25) is 0 Å². The van der Waals surface area contributed by atoms with Crippen molar-refractivity contribution >= 4 is 11.7 Å². The van der Waals surface area contributed by atoms with Gasteiger partial charge in [0.1, 0.15) is 0 Å². The number of nitrogens with one attached hydrogen (secondary N) is 2. The molecule has 118 valence electrons. The third kappa shape index (κ3) is 5.78. The van der Waals surface area contributed by atoms with Gasteiger partial charge in [-0.15, -0.1) is 0 Å². The summed E-state index contributed by atoms with van der Waals surface area (Å²) in [7, 11) is 0. The Hall–Kier alpha value is -1.51. The molecule has 1 atom stereocenters. The van der Waals surface area contributed by atoms with Gasteiger partial charge >= 0.3 is 6.03 Å². The normalized spacial score (nSPS) is 12.0. The van der Waals surface area contributed by atoms with Crippen LogP contribution in [0, 0.1) is 20.8 Å². The van der Waals surface area contributed by atoms with Crippen molar-refractivity contribution in [1.82, 2.24) is 5.32 Å². The molecule has 0 aromatic heterocycles. The maximum absolute atomic E-state index is 12.2. The highest BCUT2D eigenvalue weighted by Gasteiger charge is 2.12. The molecular formula is C18H30N2O. The number of anilines is 1. The minimum absolute atomic E-state index is 0.0894. The van der Waals surface area contributed by atoms with Crippen LogP contribution < -0.4 is 10.6 Å². The van der Waals surface area contributed by atoms with Gasteiger partial charge in [0.15, 0.2) is 0 Å². The third-order valence-corrected chi connectivity index (χ3v) is 3.90. The van der Waals surface area contributed by atoms with E-state index in [1.54, 1.807) is 0 Å². The molecule has 0 fully saturated rings. The number of carbonyl (C=O) groups is 1. The van der Waals surface area contributed by atoms with E-state index in [9.17, 15) is 4.79 Å². The number of benzene rings is 1. The molecule has 1 aromatic rings. The molecule has 0 aliphatic carbocycles. The van der Waals surface area contributed by atoms with E-state index in [2.05, 4.69) is 43.5 Å². The highest BCUT2D eigenvalue weighted by atomic mass is 16.2. The first-order valence-corrected chi connectivity index (χ1v) is 8.13. The Kier molecular flexibility index (Phi) is 7.27. The summed E-state index contributed by atoms with van der Waals surface area (Å²) in [5, 5.41) is 6.10. The van der Waals surface area contributed by atoms with Gasteiger partial charge in [0, 0.05) is 11.7 Å². The molecule has 2 amide bonds. The topological polar surface area (TPSA) is 41.1 Å². The molecule has 3 nitrogen and oxygen atoms in total. The molecule has 0 spiro atoms. The highest BCUT2D eigenvalue weighted by Crippen LogP contribution is 2.21. The first-order valence-electron chi connectivity index (χ1n) is 8.13. The lowest BCUT2D eigenvalue weighted by atomic mass is 10.0. The number of carbonyl (C=O) groups excluding carboxylic acids is 1. The Balaban J connectivity index is 2.60. The van der Waals surface area contributed by atoms with Crippen LogP contribution in [-0.2, 0) is 0 Å². The van der Waals surface area contributed by atoms with E-state index in [1.807, 2.05) is 13.8 Å². The molecule has 1 aromatic carbocycles. The maximum atomic E-state index is 12.2. The number of aryl methyl sites for hydroxylation is 3. The van der Waals surface area contributed by atoms with Gasteiger partial charge in [0.05, 0.1) is 0 Å². The number of rotatable bonds is 7. The van der Waals surface area contributed by atoms with E-state index in [1.165, 1.54) is 24.8 Å². The summed E-state index contributed by atoms with van der Waals surface area (Å²) in [6.45, 7) is 10.5. The van der Waals surface area contributed by atoms with Crippen molar-refractivity contribution in [2.45, 2.75) is 72.8 Å². The van der Waals surface area contributed by atoms with Crippen molar-refractivity contribution in [3.05, 3.63) is 28.8 Å². The summed E-state index contributed by atoms with van der Waals surface area (Å²) < 4.78 is 0. The zero-order valence-corrected chi connectivity index (χ0v) is 14.2. The summed E-state index contributed by atoms with van der Waals surface area (Å²) >= 11 is 0. The third-order valence-electron chi connectivity index (χ3n) is 3.90. The maximum Gasteiger partial charge on any atom is 0.319 e. The second-order valence-corrected chi connectivity index (χ2v) is 5.97. The quantitative estimate of drug-likeness (QED) is 0.674. The largest absolute Gasteiger partial charge is 0.335 e. The summed E-state index contributed by atoms with van der Waals surface area (Å²) in [5.74, 6) is 0. The molecule has 0 heterocycles. The van der Waals surface area contributed by atoms with Gasteiger partial charge in [-0.1, -0.05) is 50.8 Å². The van der Waals surface area contributed by atoms with Gasteiger partial charge in [-0.2, -0.15) is 0 Å². The van der Waals surface area contributed by atoms with Crippen molar-refractivity contribution in [3.63, 3.8) is 0 Å². The smallest absolute Gasteiger partial charge is 0.319 e. The SMILES string of the molecule is CCCCCC(CC)NC(=O)Nc1c(C)cc(C)cc1C. The summed E-state index contributed by atoms with van der Waals surface area (Å²) in [5.41, 5.74) is 4.38. The summed E-state index contributed by atoms with van der Waals surface area (Å²) in [6, 6.07) is 4.37. The minimum Gasteiger partial charge on any atom is -0.335 e. The van der Waals surface area contributed by atoms with Gasteiger partial charge in [-0.05, 0) is 44.7 Å². The van der Waals surface area contributed by atoms with E-state index in [4.69, 9.17) is 0 Å². The molecule has 0 saturated heterocycles. The molecule has 21 heavy (non-hydrogen) atoms. The van der Waals surface area contributed by atoms with E-state index in [0.717, 1.165) is 29.7 Å². The van der Waals surface area contributed by atoms with Gasteiger partial charge in [-0.3, -0.25) is 0 Å². The van der Waals surface area contributed by atoms with Crippen LogP contribution in [0.2, 0.25) is 0 Å². The van der Waals surface area contributed by atoms with E-state index >= 15 is 0 Å². The number of hydrogen-bond acceptors (Lipinski definition) is 1. The highest BCUT2D eigenvalue weighted by molar-refractivity contribution is 5.91. The summed E-state index contributed by atoms with van der Waals surface area (Å²) in [6.07, 6.45) is 5.66. The molecule has 2 N–H and O–H groups in total. The fourth-order valence-corrected chi connectivity index (χ4v) is 2.73. The fraction of sp³-hybridized carbons (Fsp3) is 0.611. The monoisotopic (exact) mass is 290 g/mol. The van der Waals surface area contributed by atoms with Crippen LogP contribution in [0.4, 0.5) is 10.5 Å². The number of unbranched alkanes of at least 4 members (excludes halogenated alkanes) is 2. The van der Waals surface area contributed by atoms with Crippen LogP contribution >= 0.6 is 0 Å². The van der Waals surface area contributed by atoms with Crippen LogP contribution in [0.3, 0.4) is 0 Å². The molecule has 0 aliphatic heterocycles. The molecule has 1 rings (SSSR count). The first-order chi connectivity index (χ1) is 9.97. The van der Waals surface area contributed by atoms with Crippen molar-refractivity contribution in [3.8, 4) is 0 Å². The molecule has 3 heteroatoms. The molecule has 0 radical (unpaired) electrons. The van der Waals surface area contributed by atoms with E-state index in [0.29, 0.717) is 0 Å². The Morgan fingerprint density at radius 2 is 1.71 bits per heavy atom. The van der Waals surface area contributed by atoms with Crippen LogP contribution in [0.25, 0.3) is 0 Å². The van der Waals surface area contributed by atoms with Crippen LogP contribution in [0.5, 0.6) is 0 Å². The lowest BCUT2D eigenvalue weighted by molar-refractivity contribution is 0.247. The average Bonchev–Trinajstić information content (AvgIpc) is 2.42. The zero-order valence-electron chi connectivity index (χ0n) is 14.2. The Bertz CT molecular complexity index is 445. The molecule has 0 saturated carbocycles. The Labute approximate surface area is 129 Å².